The van der Waals surface area contributed by atoms with Crippen LogP contribution in [-0.4, -0.2) is 95.6 Å². The molecule has 0 aromatic carbocycles. The molecule has 1 atom stereocenters. The van der Waals surface area contributed by atoms with Gasteiger partial charge in [-0.1, -0.05) is 0 Å². The smallest absolute Gasteiger partial charge is 0.255 e. The topological polar surface area (TPSA) is 74.1 Å². The van der Waals surface area contributed by atoms with Crippen molar-refractivity contribution in [3.05, 3.63) is 22.7 Å². The Labute approximate surface area is 160 Å². The predicted octanol–water partition coefficient (Wildman–Crippen LogP) is -0.389. The van der Waals surface area contributed by atoms with Crippen molar-refractivity contribution in [3.8, 4) is 0 Å². The number of anilines is 1. The zero-order valence-corrected chi connectivity index (χ0v) is 16.2. The first-order valence-electron chi connectivity index (χ1n) is 10.1. The zero-order valence-electron chi connectivity index (χ0n) is 16.2. The highest BCUT2D eigenvalue weighted by molar-refractivity contribution is 5.38. The Bertz CT molecular complexity index is 695. The normalized spacial score (nSPS) is 27.2. The molecule has 0 saturated carbocycles. The molecule has 0 amide bonds. The summed E-state index contributed by atoms with van der Waals surface area (Å²) in [6.45, 7) is 7.46. The van der Waals surface area contributed by atoms with Gasteiger partial charge in [0.1, 0.15) is 5.82 Å². The molecule has 1 N–H and O–H groups in total. The molecular weight excluding hydrogens is 346 g/mol. The molecule has 8 nitrogen and oxygen atoms in total. The molecule has 1 aromatic rings. The van der Waals surface area contributed by atoms with Crippen molar-refractivity contribution in [3.63, 3.8) is 0 Å². The summed E-state index contributed by atoms with van der Waals surface area (Å²) in [5, 5.41) is 10.8. The van der Waals surface area contributed by atoms with Crippen molar-refractivity contribution in [2.75, 3.05) is 64.4 Å². The number of likely N-dealkylation sites (tertiary alicyclic amines) is 1. The van der Waals surface area contributed by atoms with E-state index in [2.05, 4.69) is 26.7 Å². The van der Waals surface area contributed by atoms with E-state index in [1.165, 1.54) is 0 Å². The number of ether oxygens (including phenoxy) is 1. The lowest BCUT2D eigenvalue weighted by molar-refractivity contribution is -0.0299. The molecule has 8 heteroatoms. The van der Waals surface area contributed by atoms with Crippen molar-refractivity contribution in [1.29, 1.82) is 0 Å². The molecule has 0 aliphatic carbocycles. The number of rotatable bonds is 4. The summed E-state index contributed by atoms with van der Waals surface area (Å²) in [6.07, 6.45) is 4.07. The number of nitrogens with zero attached hydrogens (tertiary/aromatic N) is 5. The molecule has 3 aliphatic heterocycles. The quantitative estimate of drug-likeness (QED) is 0.766. The van der Waals surface area contributed by atoms with Crippen LogP contribution in [0.1, 0.15) is 19.3 Å². The van der Waals surface area contributed by atoms with Gasteiger partial charge < -0.3 is 19.6 Å². The second kappa shape index (κ2) is 7.87. The van der Waals surface area contributed by atoms with Crippen LogP contribution in [0, 0.1) is 0 Å². The highest BCUT2D eigenvalue weighted by Gasteiger charge is 2.33. The lowest BCUT2D eigenvalue weighted by atomic mass is 9.91. The average molecular weight is 377 g/mol. The maximum Gasteiger partial charge on any atom is 0.255 e. The molecule has 0 bridgehead atoms. The minimum atomic E-state index is -0.811. The molecule has 3 aliphatic rings. The lowest BCUT2D eigenvalue weighted by Crippen LogP contribution is -2.47. The predicted molar refractivity (Wildman–Crippen MR) is 103 cm³/mol. The third-order valence-corrected chi connectivity index (χ3v) is 6.30. The third kappa shape index (κ3) is 4.34. The van der Waals surface area contributed by atoms with Crippen LogP contribution in [0.25, 0.3) is 0 Å². The van der Waals surface area contributed by atoms with Crippen LogP contribution in [0.2, 0.25) is 0 Å². The van der Waals surface area contributed by atoms with Crippen LogP contribution >= 0.6 is 0 Å². The van der Waals surface area contributed by atoms with Crippen LogP contribution in [0.15, 0.2) is 17.2 Å². The van der Waals surface area contributed by atoms with Gasteiger partial charge in [-0.25, -0.2) is 4.98 Å². The Morgan fingerprint density at radius 2 is 1.96 bits per heavy atom. The van der Waals surface area contributed by atoms with Gasteiger partial charge in [-0.2, -0.15) is 0 Å². The van der Waals surface area contributed by atoms with E-state index in [1.54, 1.807) is 17.0 Å². The van der Waals surface area contributed by atoms with Crippen LogP contribution in [-0.2, 0) is 11.3 Å². The van der Waals surface area contributed by atoms with Gasteiger partial charge in [-0.05, 0) is 26.3 Å². The fourth-order valence-corrected chi connectivity index (χ4v) is 4.41. The summed E-state index contributed by atoms with van der Waals surface area (Å²) in [5.41, 5.74) is -0.892. The Balaban J connectivity index is 1.39. The Kier molecular flexibility index (Phi) is 5.50. The van der Waals surface area contributed by atoms with E-state index < -0.39 is 5.60 Å². The maximum absolute atomic E-state index is 12.6. The Morgan fingerprint density at radius 1 is 1.22 bits per heavy atom. The van der Waals surface area contributed by atoms with Gasteiger partial charge in [0.2, 0.25) is 0 Å². The molecule has 150 valence electrons. The minimum absolute atomic E-state index is 0.0813. The van der Waals surface area contributed by atoms with E-state index in [0.29, 0.717) is 25.4 Å². The molecule has 1 unspecified atom stereocenters. The molecule has 0 radical (unpaired) electrons. The molecule has 4 rings (SSSR count). The molecule has 0 spiro atoms. The molecule has 4 heterocycles. The summed E-state index contributed by atoms with van der Waals surface area (Å²) in [5.74, 6) is 0.752. The number of morpholine rings is 1. The molecular formula is C19H31N5O3. The largest absolute Gasteiger partial charge is 0.388 e. The summed E-state index contributed by atoms with van der Waals surface area (Å²) >= 11 is 0. The molecule has 27 heavy (non-hydrogen) atoms. The highest BCUT2D eigenvalue weighted by atomic mass is 16.5. The van der Waals surface area contributed by atoms with E-state index in [0.717, 1.165) is 64.7 Å². The fraction of sp³-hybridized carbons (Fsp3) is 0.789. The van der Waals surface area contributed by atoms with Gasteiger partial charge in [0.05, 0.1) is 31.7 Å². The highest BCUT2D eigenvalue weighted by Crippen LogP contribution is 2.24. The van der Waals surface area contributed by atoms with Gasteiger partial charge >= 0.3 is 0 Å². The Hall–Kier alpha value is -1.48. The second-order valence-corrected chi connectivity index (χ2v) is 8.28. The SMILES string of the molecule is CN1CCC(O)(Cn2cnc(N3CCC(N4CCOCC4)C3)cc2=O)CC1. The second-order valence-electron chi connectivity index (χ2n) is 8.28. The van der Waals surface area contributed by atoms with E-state index in [1.807, 2.05) is 0 Å². The van der Waals surface area contributed by atoms with Crippen molar-refractivity contribution in [1.82, 2.24) is 19.4 Å². The number of aromatic nitrogens is 2. The minimum Gasteiger partial charge on any atom is -0.388 e. The van der Waals surface area contributed by atoms with Gasteiger partial charge in [-0.15, -0.1) is 0 Å². The number of hydrogen-bond donors (Lipinski definition) is 1. The summed E-state index contributed by atoms with van der Waals surface area (Å²) in [6, 6.07) is 2.14. The van der Waals surface area contributed by atoms with Gasteiger partial charge in [-0.3, -0.25) is 14.3 Å². The summed E-state index contributed by atoms with van der Waals surface area (Å²) < 4.78 is 7.00. The van der Waals surface area contributed by atoms with Crippen molar-refractivity contribution < 1.29 is 9.84 Å². The average Bonchev–Trinajstić information content (AvgIpc) is 3.17. The van der Waals surface area contributed by atoms with Crippen LogP contribution in [0.3, 0.4) is 0 Å². The molecule has 1 aromatic heterocycles. The van der Waals surface area contributed by atoms with E-state index >= 15 is 0 Å². The van der Waals surface area contributed by atoms with Gasteiger partial charge in [0, 0.05) is 51.4 Å². The van der Waals surface area contributed by atoms with Crippen molar-refractivity contribution in [2.45, 2.75) is 37.5 Å². The summed E-state index contributed by atoms with van der Waals surface area (Å²) in [4.78, 5) is 24.0. The van der Waals surface area contributed by atoms with Crippen LogP contribution < -0.4 is 10.5 Å². The number of aliphatic hydroxyl groups is 1. The standard InChI is InChI=1S/C19H31N5O3/c1-21-6-3-19(26,4-7-21)14-24-15-20-17(12-18(24)25)23-5-2-16(13-23)22-8-10-27-11-9-22/h12,15-16,26H,2-11,13-14H2,1H3. The molecule has 3 fully saturated rings. The maximum atomic E-state index is 12.6. The van der Waals surface area contributed by atoms with E-state index in [-0.39, 0.29) is 5.56 Å². The first-order valence-corrected chi connectivity index (χ1v) is 10.1. The van der Waals surface area contributed by atoms with Gasteiger partial charge in [0.15, 0.2) is 0 Å². The van der Waals surface area contributed by atoms with E-state index in [9.17, 15) is 9.90 Å². The Morgan fingerprint density at radius 3 is 2.67 bits per heavy atom. The monoisotopic (exact) mass is 377 g/mol. The molecule has 3 saturated heterocycles. The summed E-state index contributed by atoms with van der Waals surface area (Å²) in [7, 11) is 2.06. The zero-order chi connectivity index (χ0) is 18.9. The number of piperidine rings is 1. The fourth-order valence-electron chi connectivity index (χ4n) is 4.41. The van der Waals surface area contributed by atoms with Gasteiger partial charge in [0.25, 0.3) is 5.56 Å². The third-order valence-electron chi connectivity index (χ3n) is 6.30. The lowest BCUT2D eigenvalue weighted by Gasteiger charge is -2.36. The number of hydrogen-bond acceptors (Lipinski definition) is 7. The van der Waals surface area contributed by atoms with E-state index in [4.69, 9.17) is 4.74 Å². The van der Waals surface area contributed by atoms with Crippen molar-refractivity contribution >= 4 is 5.82 Å². The first kappa shape index (κ1) is 18.9. The first-order chi connectivity index (χ1) is 13.0. The van der Waals surface area contributed by atoms with Crippen LogP contribution in [0.5, 0.6) is 0 Å². The van der Waals surface area contributed by atoms with Crippen molar-refractivity contribution in [2.24, 2.45) is 0 Å². The van der Waals surface area contributed by atoms with Crippen LogP contribution in [0.4, 0.5) is 5.82 Å².